The molecule has 9 heteroatoms. The zero-order valence-electron chi connectivity index (χ0n) is 15.4. The van der Waals surface area contributed by atoms with Crippen LogP contribution < -0.4 is 4.72 Å². The number of piperidine rings is 1. The van der Waals surface area contributed by atoms with Gasteiger partial charge in [0.2, 0.25) is 15.9 Å². The van der Waals surface area contributed by atoms with Gasteiger partial charge in [-0.3, -0.25) is 4.79 Å². The Kier molecular flexibility index (Phi) is 6.08. The summed E-state index contributed by atoms with van der Waals surface area (Å²) in [5.41, 5.74) is 0. The van der Waals surface area contributed by atoms with E-state index < -0.39 is 10.0 Å². The number of benzene rings is 1. The van der Waals surface area contributed by atoms with Crippen LogP contribution in [0.1, 0.15) is 17.7 Å². The molecule has 1 amide bonds. The molecular formula is C20H19ClN2O3S3. The first-order chi connectivity index (χ1) is 13.9. The first-order valence-electron chi connectivity index (χ1n) is 9.14. The van der Waals surface area contributed by atoms with E-state index >= 15 is 0 Å². The highest BCUT2D eigenvalue weighted by molar-refractivity contribution is 7.91. The molecule has 1 saturated heterocycles. The van der Waals surface area contributed by atoms with E-state index in [4.69, 9.17) is 11.6 Å². The summed E-state index contributed by atoms with van der Waals surface area (Å²) in [5.74, 6) is -0.0851. The number of amides is 1. The van der Waals surface area contributed by atoms with Crippen LogP contribution in [0.4, 0.5) is 0 Å². The lowest BCUT2D eigenvalue weighted by atomic mass is 10.1. The Morgan fingerprint density at radius 2 is 1.93 bits per heavy atom. The molecule has 1 N–H and O–H groups in total. The second-order valence-electron chi connectivity index (χ2n) is 6.76. The molecule has 0 unspecified atom stereocenters. The van der Waals surface area contributed by atoms with Crippen LogP contribution >= 0.6 is 34.3 Å². The van der Waals surface area contributed by atoms with Gasteiger partial charge in [0, 0.05) is 40.2 Å². The van der Waals surface area contributed by atoms with Gasteiger partial charge in [-0.15, -0.1) is 22.7 Å². The van der Waals surface area contributed by atoms with Crippen LogP contribution in [0.5, 0.6) is 0 Å². The second-order valence-corrected chi connectivity index (χ2v) is 11.1. The van der Waals surface area contributed by atoms with E-state index in [2.05, 4.69) is 4.72 Å². The fourth-order valence-corrected chi connectivity index (χ4v) is 7.02. The van der Waals surface area contributed by atoms with Crippen LogP contribution in [0, 0.1) is 0 Å². The summed E-state index contributed by atoms with van der Waals surface area (Å²) in [6.45, 7) is 1.03. The third-order valence-electron chi connectivity index (χ3n) is 4.83. The molecule has 0 saturated carbocycles. The molecule has 5 nitrogen and oxygen atoms in total. The first-order valence-corrected chi connectivity index (χ1v) is 12.7. The molecule has 1 aliphatic rings. The maximum absolute atomic E-state index is 12.5. The van der Waals surface area contributed by atoms with Gasteiger partial charge < -0.3 is 4.90 Å². The number of likely N-dealkylation sites (tertiary alicyclic amines) is 1. The molecule has 2 aromatic heterocycles. The maximum Gasteiger partial charge on any atom is 0.250 e. The number of rotatable bonds is 5. The van der Waals surface area contributed by atoms with E-state index in [1.165, 1.54) is 11.3 Å². The Bertz CT molecular complexity index is 1150. The van der Waals surface area contributed by atoms with Gasteiger partial charge in [0.05, 0.1) is 5.02 Å². The van der Waals surface area contributed by atoms with Crippen molar-refractivity contribution in [1.29, 1.82) is 0 Å². The van der Waals surface area contributed by atoms with Gasteiger partial charge >= 0.3 is 0 Å². The fourth-order valence-electron chi connectivity index (χ4n) is 3.30. The summed E-state index contributed by atoms with van der Waals surface area (Å²) in [6.07, 6.45) is 4.50. The minimum absolute atomic E-state index is 0.0851. The van der Waals surface area contributed by atoms with Gasteiger partial charge in [0.1, 0.15) is 4.21 Å². The summed E-state index contributed by atoms with van der Waals surface area (Å²) in [4.78, 5) is 15.1. The van der Waals surface area contributed by atoms with Crippen molar-refractivity contribution in [3.8, 4) is 0 Å². The van der Waals surface area contributed by atoms with Crippen molar-refractivity contribution in [2.75, 3.05) is 13.1 Å². The molecular weight excluding hydrogens is 448 g/mol. The zero-order valence-corrected chi connectivity index (χ0v) is 18.6. The third kappa shape index (κ3) is 4.57. The monoisotopic (exact) mass is 466 g/mol. The number of nitrogens with one attached hydrogen (secondary N) is 1. The Labute approximate surface area is 182 Å². The first kappa shape index (κ1) is 20.6. The number of carbonyl (C=O) groups excluding carboxylic acids is 1. The predicted molar refractivity (Wildman–Crippen MR) is 120 cm³/mol. The average molecular weight is 467 g/mol. The molecule has 3 heterocycles. The molecule has 1 aliphatic heterocycles. The number of hydrogen-bond donors (Lipinski definition) is 1. The molecule has 0 aliphatic carbocycles. The van der Waals surface area contributed by atoms with E-state index in [1.807, 2.05) is 24.3 Å². The molecule has 0 radical (unpaired) electrons. The van der Waals surface area contributed by atoms with Crippen molar-refractivity contribution in [3.63, 3.8) is 0 Å². The minimum atomic E-state index is -3.48. The van der Waals surface area contributed by atoms with Crippen LogP contribution in [-0.2, 0) is 14.8 Å². The van der Waals surface area contributed by atoms with E-state index in [0.29, 0.717) is 35.2 Å². The molecule has 1 aromatic carbocycles. The highest BCUT2D eigenvalue weighted by Crippen LogP contribution is 2.36. The van der Waals surface area contributed by atoms with E-state index in [-0.39, 0.29) is 11.9 Å². The number of halogens is 1. The molecule has 0 spiro atoms. The number of hydrogen-bond acceptors (Lipinski definition) is 5. The topological polar surface area (TPSA) is 66.5 Å². The number of thiophene rings is 2. The van der Waals surface area contributed by atoms with E-state index in [1.54, 1.807) is 45.9 Å². The Hall–Kier alpha value is -1.71. The van der Waals surface area contributed by atoms with Gasteiger partial charge in [0.15, 0.2) is 0 Å². The van der Waals surface area contributed by atoms with Crippen molar-refractivity contribution in [2.45, 2.75) is 23.1 Å². The third-order valence-corrected chi connectivity index (χ3v) is 9.40. The van der Waals surface area contributed by atoms with Gasteiger partial charge in [-0.2, -0.15) is 0 Å². The quantitative estimate of drug-likeness (QED) is 0.559. The van der Waals surface area contributed by atoms with Crippen LogP contribution in [0.2, 0.25) is 5.02 Å². The van der Waals surface area contributed by atoms with Crippen molar-refractivity contribution >= 4 is 66.4 Å². The van der Waals surface area contributed by atoms with Crippen LogP contribution in [0.15, 0.2) is 52.1 Å². The van der Waals surface area contributed by atoms with Crippen LogP contribution in [-0.4, -0.2) is 38.4 Å². The van der Waals surface area contributed by atoms with Gasteiger partial charge in [-0.1, -0.05) is 35.9 Å². The number of carbonyl (C=O) groups is 1. The van der Waals surface area contributed by atoms with Crippen LogP contribution in [0.25, 0.3) is 16.2 Å². The number of fused-ring (bicyclic) bond motifs is 1. The molecule has 29 heavy (non-hydrogen) atoms. The van der Waals surface area contributed by atoms with Crippen LogP contribution in [0.3, 0.4) is 0 Å². The zero-order chi connectivity index (χ0) is 20.4. The molecule has 152 valence electrons. The summed E-state index contributed by atoms with van der Waals surface area (Å²) in [6, 6.07) is 11.0. The number of nitrogens with zero attached hydrogens (tertiary/aromatic N) is 1. The summed E-state index contributed by atoms with van der Waals surface area (Å²) >= 11 is 9.17. The second kappa shape index (κ2) is 8.57. The summed E-state index contributed by atoms with van der Waals surface area (Å²) in [5, 5.41) is 3.40. The average Bonchev–Trinajstić information content (AvgIpc) is 3.36. The normalized spacial score (nSPS) is 16.1. The van der Waals surface area contributed by atoms with Crippen molar-refractivity contribution in [2.24, 2.45) is 0 Å². The molecule has 0 bridgehead atoms. The van der Waals surface area contributed by atoms with Crippen molar-refractivity contribution < 1.29 is 13.2 Å². The smallest absolute Gasteiger partial charge is 0.250 e. The fraction of sp³-hybridized carbons (Fsp3) is 0.250. The van der Waals surface area contributed by atoms with E-state index in [0.717, 1.165) is 15.0 Å². The summed E-state index contributed by atoms with van der Waals surface area (Å²) < 4.78 is 28.8. The molecule has 0 atom stereocenters. The van der Waals surface area contributed by atoms with Gasteiger partial charge in [0.25, 0.3) is 0 Å². The lowest BCUT2D eigenvalue weighted by Gasteiger charge is -2.31. The maximum atomic E-state index is 12.5. The SMILES string of the molecule is O=C(/C=C/c1sc2ccccc2c1Cl)N1CCC(NS(=O)(=O)c2cccs2)CC1. The van der Waals surface area contributed by atoms with E-state index in [9.17, 15) is 13.2 Å². The highest BCUT2D eigenvalue weighted by Gasteiger charge is 2.26. The predicted octanol–water partition coefficient (Wildman–Crippen LogP) is 4.60. The highest BCUT2D eigenvalue weighted by atomic mass is 35.5. The minimum Gasteiger partial charge on any atom is -0.339 e. The summed E-state index contributed by atoms with van der Waals surface area (Å²) in [7, 11) is -3.48. The Balaban J connectivity index is 1.35. The Morgan fingerprint density at radius 3 is 2.62 bits per heavy atom. The molecule has 4 rings (SSSR count). The lowest BCUT2D eigenvalue weighted by Crippen LogP contribution is -2.46. The standard InChI is InChI=1S/C20H19ClN2O3S3/c21-20-15-4-1-2-5-16(15)28-17(20)7-8-18(24)23-11-9-14(10-12-23)22-29(25,26)19-6-3-13-27-19/h1-8,13-14,22H,9-12H2/b8-7+. The number of sulfonamides is 1. The van der Waals surface area contributed by atoms with Gasteiger partial charge in [-0.25, -0.2) is 13.1 Å². The largest absolute Gasteiger partial charge is 0.339 e. The molecule has 3 aromatic rings. The van der Waals surface area contributed by atoms with Crippen molar-refractivity contribution in [1.82, 2.24) is 9.62 Å². The van der Waals surface area contributed by atoms with Crippen molar-refractivity contribution in [3.05, 3.63) is 57.8 Å². The van der Waals surface area contributed by atoms with Gasteiger partial charge in [-0.05, 0) is 36.4 Å². The Morgan fingerprint density at radius 1 is 1.17 bits per heavy atom. The molecule has 1 fully saturated rings. The lowest BCUT2D eigenvalue weighted by molar-refractivity contribution is -0.126.